The molecule has 0 unspecified atom stereocenters. The molecule has 0 bridgehead atoms. The van der Waals surface area contributed by atoms with Crippen LogP contribution in [0.25, 0.3) is 0 Å². The summed E-state index contributed by atoms with van der Waals surface area (Å²) in [5.74, 6) is 0.355. The van der Waals surface area contributed by atoms with Crippen LogP contribution in [0.3, 0.4) is 0 Å². The Bertz CT molecular complexity index is 403. The topological polar surface area (TPSA) is 44.8 Å². The van der Waals surface area contributed by atoms with E-state index in [1.165, 1.54) is 0 Å². The number of esters is 1. The standard InChI is InChI=1S/C10H9BO4/c1-2-13-10(12)6-3-4-7(11)9-8(6)14-5-15-9/h3-4H,2,5H2,1H3. The number of carbonyl (C=O) groups is 1. The molecule has 0 aliphatic carbocycles. The van der Waals surface area contributed by atoms with Crippen LogP contribution in [-0.4, -0.2) is 27.2 Å². The molecule has 2 rings (SSSR count). The normalized spacial score (nSPS) is 12.6. The Labute approximate surface area is 88.5 Å². The maximum Gasteiger partial charge on any atom is 0.342 e. The van der Waals surface area contributed by atoms with Gasteiger partial charge in [-0.3, -0.25) is 0 Å². The Balaban J connectivity index is 2.41. The lowest BCUT2D eigenvalue weighted by Crippen LogP contribution is -2.10. The van der Waals surface area contributed by atoms with Gasteiger partial charge < -0.3 is 14.2 Å². The van der Waals surface area contributed by atoms with Gasteiger partial charge in [-0.05, 0) is 13.0 Å². The number of fused-ring (bicyclic) bond motifs is 1. The third-order valence-electron chi connectivity index (χ3n) is 2.04. The summed E-state index contributed by atoms with van der Waals surface area (Å²) in [7, 11) is 5.66. The molecule has 1 aliphatic rings. The minimum absolute atomic E-state index is 0.0793. The summed E-state index contributed by atoms with van der Waals surface area (Å²) in [6.07, 6.45) is 0. The molecule has 15 heavy (non-hydrogen) atoms. The average molecular weight is 204 g/mol. The van der Waals surface area contributed by atoms with Crippen molar-refractivity contribution >= 4 is 19.3 Å². The summed E-state index contributed by atoms with van der Waals surface area (Å²) in [4.78, 5) is 11.5. The highest BCUT2D eigenvalue weighted by molar-refractivity contribution is 6.34. The van der Waals surface area contributed by atoms with Crippen LogP contribution in [0.5, 0.6) is 11.5 Å². The molecule has 0 atom stereocenters. The maximum atomic E-state index is 11.5. The van der Waals surface area contributed by atoms with E-state index in [1.54, 1.807) is 19.1 Å². The first-order valence-corrected chi connectivity index (χ1v) is 4.59. The molecule has 0 aromatic heterocycles. The van der Waals surface area contributed by atoms with E-state index < -0.39 is 5.97 Å². The molecule has 0 saturated carbocycles. The monoisotopic (exact) mass is 204 g/mol. The second kappa shape index (κ2) is 3.84. The molecule has 0 amide bonds. The second-order valence-electron chi connectivity index (χ2n) is 2.99. The highest BCUT2D eigenvalue weighted by atomic mass is 16.7. The zero-order valence-electron chi connectivity index (χ0n) is 8.28. The van der Waals surface area contributed by atoms with E-state index in [4.69, 9.17) is 22.1 Å². The van der Waals surface area contributed by atoms with Gasteiger partial charge >= 0.3 is 5.97 Å². The van der Waals surface area contributed by atoms with E-state index in [9.17, 15) is 4.79 Å². The summed E-state index contributed by atoms with van der Waals surface area (Å²) in [6, 6.07) is 3.17. The van der Waals surface area contributed by atoms with Crippen LogP contribution < -0.4 is 14.9 Å². The van der Waals surface area contributed by atoms with E-state index in [0.29, 0.717) is 29.1 Å². The van der Waals surface area contributed by atoms with Gasteiger partial charge in [-0.15, -0.1) is 0 Å². The fraction of sp³-hybridized carbons (Fsp3) is 0.300. The van der Waals surface area contributed by atoms with Crippen LogP contribution in [0.4, 0.5) is 0 Å². The van der Waals surface area contributed by atoms with Gasteiger partial charge in [-0.1, -0.05) is 11.5 Å². The van der Waals surface area contributed by atoms with Crippen LogP contribution in [0.15, 0.2) is 12.1 Å². The lowest BCUT2D eigenvalue weighted by Gasteiger charge is -2.06. The van der Waals surface area contributed by atoms with Crippen molar-refractivity contribution in [1.82, 2.24) is 0 Å². The summed E-state index contributed by atoms with van der Waals surface area (Å²) >= 11 is 0. The fourth-order valence-corrected chi connectivity index (χ4v) is 1.39. The Morgan fingerprint density at radius 3 is 2.93 bits per heavy atom. The molecule has 76 valence electrons. The molecule has 1 aromatic carbocycles. The minimum atomic E-state index is -0.431. The van der Waals surface area contributed by atoms with Crippen LogP contribution in [-0.2, 0) is 4.74 Å². The van der Waals surface area contributed by atoms with E-state index in [-0.39, 0.29) is 6.79 Å². The SMILES string of the molecule is [B]c1ccc(C(=O)OCC)c2c1OCO2. The lowest BCUT2D eigenvalue weighted by molar-refractivity contribution is 0.0522. The summed E-state index contributed by atoms with van der Waals surface area (Å²) < 4.78 is 15.2. The van der Waals surface area contributed by atoms with Crippen molar-refractivity contribution in [3.05, 3.63) is 17.7 Å². The highest BCUT2D eigenvalue weighted by Crippen LogP contribution is 2.33. The molecule has 2 radical (unpaired) electrons. The zero-order chi connectivity index (χ0) is 10.8. The predicted octanol–water partition coefficient (Wildman–Crippen LogP) is 0.386. The second-order valence-corrected chi connectivity index (χ2v) is 2.99. The molecule has 0 spiro atoms. The van der Waals surface area contributed by atoms with Crippen molar-refractivity contribution in [3.8, 4) is 11.5 Å². The minimum Gasteiger partial charge on any atom is -0.462 e. The van der Waals surface area contributed by atoms with Crippen molar-refractivity contribution in [3.63, 3.8) is 0 Å². The maximum absolute atomic E-state index is 11.5. The number of rotatable bonds is 2. The Morgan fingerprint density at radius 1 is 1.47 bits per heavy atom. The van der Waals surface area contributed by atoms with Gasteiger partial charge in [0.05, 0.1) is 6.61 Å². The Hall–Kier alpha value is -1.65. The van der Waals surface area contributed by atoms with Gasteiger partial charge in [0.2, 0.25) is 6.79 Å². The number of carbonyl (C=O) groups excluding carboxylic acids is 1. The number of hydrogen-bond acceptors (Lipinski definition) is 4. The quantitative estimate of drug-likeness (QED) is 0.516. The third-order valence-corrected chi connectivity index (χ3v) is 2.04. The molecule has 0 fully saturated rings. The smallest absolute Gasteiger partial charge is 0.342 e. The van der Waals surface area contributed by atoms with Crippen molar-refractivity contribution in [2.45, 2.75) is 6.92 Å². The first-order valence-electron chi connectivity index (χ1n) is 4.59. The van der Waals surface area contributed by atoms with E-state index >= 15 is 0 Å². The molecular weight excluding hydrogens is 195 g/mol. The van der Waals surface area contributed by atoms with Crippen LogP contribution >= 0.6 is 0 Å². The fourth-order valence-electron chi connectivity index (χ4n) is 1.39. The number of ether oxygens (including phenoxy) is 3. The first kappa shape index (κ1) is 9.89. The molecular formula is C10H9BO4. The van der Waals surface area contributed by atoms with Gasteiger partial charge in [0.25, 0.3) is 0 Å². The van der Waals surface area contributed by atoms with Gasteiger partial charge in [-0.25, -0.2) is 4.79 Å². The van der Waals surface area contributed by atoms with E-state index in [1.807, 2.05) is 0 Å². The van der Waals surface area contributed by atoms with Crippen molar-refractivity contribution in [1.29, 1.82) is 0 Å². The molecule has 4 nitrogen and oxygen atoms in total. The molecule has 0 N–H and O–H groups in total. The van der Waals surface area contributed by atoms with Crippen molar-refractivity contribution < 1.29 is 19.0 Å². The van der Waals surface area contributed by atoms with Crippen LogP contribution in [0.1, 0.15) is 17.3 Å². The van der Waals surface area contributed by atoms with E-state index in [0.717, 1.165) is 0 Å². The summed E-state index contributed by atoms with van der Waals surface area (Å²) in [6.45, 7) is 2.14. The van der Waals surface area contributed by atoms with Gasteiger partial charge in [0, 0.05) is 0 Å². The van der Waals surface area contributed by atoms with Crippen molar-refractivity contribution in [2.75, 3.05) is 13.4 Å². The van der Waals surface area contributed by atoms with Gasteiger partial charge in [0.15, 0.2) is 11.5 Å². The molecule has 0 saturated heterocycles. The van der Waals surface area contributed by atoms with Crippen LogP contribution in [0, 0.1) is 0 Å². The summed E-state index contributed by atoms with van der Waals surface area (Å²) in [5, 5.41) is 0. The van der Waals surface area contributed by atoms with Gasteiger partial charge in [-0.2, -0.15) is 0 Å². The molecule has 5 heteroatoms. The Morgan fingerprint density at radius 2 is 2.20 bits per heavy atom. The third kappa shape index (κ3) is 1.65. The largest absolute Gasteiger partial charge is 0.462 e. The van der Waals surface area contributed by atoms with Crippen molar-refractivity contribution in [2.24, 2.45) is 0 Å². The predicted molar refractivity (Wildman–Crippen MR) is 53.9 cm³/mol. The zero-order valence-corrected chi connectivity index (χ0v) is 8.28. The Kier molecular flexibility index (Phi) is 2.54. The summed E-state index contributed by atoms with van der Waals surface area (Å²) in [5.41, 5.74) is 0.800. The van der Waals surface area contributed by atoms with Gasteiger partial charge in [0.1, 0.15) is 13.4 Å². The molecule has 1 heterocycles. The lowest BCUT2D eigenvalue weighted by atomic mass is 9.93. The molecule has 1 aliphatic heterocycles. The highest BCUT2D eigenvalue weighted by Gasteiger charge is 2.24. The van der Waals surface area contributed by atoms with E-state index in [2.05, 4.69) is 0 Å². The molecule has 1 aromatic rings. The average Bonchev–Trinajstić information content (AvgIpc) is 2.68. The number of benzene rings is 1. The van der Waals surface area contributed by atoms with Crippen LogP contribution in [0.2, 0.25) is 0 Å². The number of hydrogen-bond donors (Lipinski definition) is 0. The first-order chi connectivity index (χ1) is 7.24.